The van der Waals surface area contributed by atoms with E-state index in [1.54, 1.807) is 50.2 Å². The lowest BCUT2D eigenvalue weighted by Gasteiger charge is -2.41. The summed E-state index contributed by atoms with van der Waals surface area (Å²) in [5.74, 6) is -0.675. The van der Waals surface area contributed by atoms with Gasteiger partial charge in [-0.05, 0) is 72.9 Å². The third-order valence-electron chi connectivity index (χ3n) is 8.83. The second-order valence-corrected chi connectivity index (χ2v) is 12.2. The van der Waals surface area contributed by atoms with Gasteiger partial charge >= 0.3 is 0 Å². The molecule has 0 saturated carbocycles. The Hall–Kier alpha value is -2.44. The Balaban J connectivity index is 1.63. The number of aliphatic hydroxyl groups excluding tert-OH is 8. The van der Waals surface area contributed by atoms with Gasteiger partial charge < -0.3 is 70.0 Å². The minimum atomic E-state index is -1.64. The molecule has 14 nitrogen and oxygen atoms in total. The molecule has 0 amide bonds. The third kappa shape index (κ3) is 8.52. The fraction of sp³-hybridized carbons (Fsp3) is 0.625. The minimum Gasteiger partial charge on any atom is -0.508 e. The van der Waals surface area contributed by atoms with E-state index in [9.17, 15) is 51.1 Å². The molecule has 46 heavy (non-hydrogen) atoms. The molecule has 0 aromatic heterocycles. The highest BCUT2D eigenvalue weighted by atomic mass is 16.7. The average molecular weight is 655 g/mol. The number of aryl methyl sites for hydroxylation is 2. The number of hydrogen-bond acceptors (Lipinski definition) is 14. The van der Waals surface area contributed by atoms with E-state index in [0.29, 0.717) is 24.0 Å². The summed E-state index contributed by atoms with van der Waals surface area (Å²) in [6.07, 6.45) is -14.1. The van der Waals surface area contributed by atoms with E-state index < -0.39 is 86.5 Å². The molecule has 0 radical (unpaired) electrons. The lowest BCUT2D eigenvalue weighted by atomic mass is 9.83. The second-order valence-electron chi connectivity index (χ2n) is 12.2. The predicted molar refractivity (Wildman–Crippen MR) is 160 cm³/mol. The Kier molecular flexibility index (Phi) is 12.7. The van der Waals surface area contributed by atoms with Crippen molar-refractivity contribution in [3.63, 3.8) is 0 Å². The van der Waals surface area contributed by atoms with Crippen molar-refractivity contribution in [3.8, 4) is 11.5 Å². The highest BCUT2D eigenvalue weighted by Gasteiger charge is 2.46. The van der Waals surface area contributed by atoms with Crippen LogP contribution in [0.3, 0.4) is 0 Å². The van der Waals surface area contributed by atoms with Crippen molar-refractivity contribution >= 4 is 0 Å². The molecule has 2 aromatic rings. The maximum atomic E-state index is 10.6. The van der Waals surface area contributed by atoms with Gasteiger partial charge in [0.05, 0.1) is 26.4 Å². The number of benzene rings is 2. The summed E-state index contributed by atoms with van der Waals surface area (Å²) < 4.78 is 23.1. The van der Waals surface area contributed by atoms with Crippen LogP contribution in [0.2, 0.25) is 0 Å². The molecule has 258 valence electrons. The first kappa shape index (κ1) is 36.4. The fourth-order valence-electron chi connectivity index (χ4n) is 5.87. The van der Waals surface area contributed by atoms with Gasteiger partial charge in [-0.15, -0.1) is 0 Å². The minimum absolute atomic E-state index is 0.0949. The van der Waals surface area contributed by atoms with E-state index in [2.05, 4.69) is 0 Å². The Bertz CT molecular complexity index is 1160. The van der Waals surface area contributed by atoms with E-state index in [1.165, 1.54) is 0 Å². The van der Waals surface area contributed by atoms with Gasteiger partial charge in [-0.1, -0.05) is 24.3 Å². The molecule has 4 rings (SSSR count). The first-order valence-electron chi connectivity index (χ1n) is 15.3. The molecule has 2 aliphatic heterocycles. The zero-order chi connectivity index (χ0) is 33.7. The molecule has 2 aliphatic rings. The summed E-state index contributed by atoms with van der Waals surface area (Å²) in [6, 6.07) is 10.2. The molecule has 12 atom stereocenters. The number of rotatable bonds is 13. The van der Waals surface area contributed by atoms with Crippen molar-refractivity contribution in [1.82, 2.24) is 0 Å². The van der Waals surface area contributed by atoms with Gasteiger partial charge in [-0.2, -0.15) is 0 Å². The molecule has 0 bridgehead atoms. The molecule has 2 aromatic carbocycles. The van der Waals surface area contributed by atoms with Gasteiger partial charge in [0.15, 0.2) is 12.6 Å². The molecule has 2 fully saturated rings. The van der Waals surface area contributed by atoms with Gasteiger partial charge in [-0.25, -0.2) is 0 Å². The highest BCUT2D eigenvalue weighted by molar-refractivity contribution is 5.36. The Morgan fingerprint density at radius 1 is 0.587 bits per heavy atom. The van der Waals surface area contributed by atoms with E-state index in [4.69, 9.17) is 18.9 Å². The van der Waals surface area contributed by atoms with Gasteiger partial charge in [0.1, 0.15) is 60.3 Å². The van der Waals surface area contributed by atoms with Crippen LogP contribution in [0, 0.1) is 25.7 Å². The molecule has 0 spiro atoms. The van der Waals surface area contributed by atoms with Crippen molar-refractivity contribution in [2.45, 2.75) is 88.1 Å². The smallest absolute Gasteiger partial charge is 0.186 e. The number of aliphatic hydroxyl groups is 8. The van der Waals surface area contributed by atoms with Gasteiger partial charge in [0, 0.05) is 0 Å². The number of ether oxygens (including phenoxy) is 4. The van der Waals surface area contributed by atoms with Crippen molar-refractivity contribution in [3.05, 3.63) is 58.7 Å². The maximum Gasteiger partial charge on any atom is 0.186 e. The first-order chi connectivity index (χ1) is 21.8. The summed E-state index contributed by atoms with van der Waals surface area (Å²) >= 11 is 0. The zero-order valence-corrected chi connectivity index (χ0v) is 25.7. The van der Waals surface area contributed by atoms with Crippen molar-refractivity contribution in [2.75, 3.05) is 26.4 Å². The summed E-state index contributed by atoms with van der Waals surface area (Å²) in [4.78, 5) is 0. The number of phenolic OH excluding ortho intramolecular Hbond substituents is 2. The van der Waals surface area contributed by atoms with Crippen LogP contribution < -0.4 is 0 Å². The maximum absolute atomic E-state index is 10.6. The van der Waals surface area contributed by atoms with Crippen molar-refractivity contribution < 1.29 is 70.0 Å². The van der Waals surface area contributed by atoms with Crippen LogP contribution in [0.4, 0.5) is 0 Å². The van der Waals surface area contributed by atoms with Crippen LogP contribution >= 0.6 is 0 Å². The van der Waals surface area contributed by atoms with E-state index in [1.807, 2.05) is 0 Å². The monoisotopic (exact) mass is 654 g/mol. The van der Waals surface area contributed by atoms with Crippen LogP contribution in [-0.4, -0.2) is 139 Å². The van der Waals surface area contributed by atoms with Gasteiger partial charge in [0.2, 0.25) is 0 Å². The Labute approximate surface area is 266 Å². The van der Waals surface area contributed by atoms with Crippen molar-refractivity contribution in [1.29, 1.82) is 0 Å². The molecule has 2 saturated heterocycles. The van der Waals surface area contributed by atoms with Gasteiger partial charge in [-0.3, -0.25) is 0 Å². The summed E-state index contributed by atoms with van der Waals surface area (Å²) in [5.41, 5.74) is 2.90. The molecular formula is C32H46O14. The molecule has 1 unspecified atom stereocenters. The predicted octanol–water partition coefficient (Wildman–Crippen LogP) is -1.63. The second kappa shape index (κ2) is 16.1. The standard InChI is InChI=1S/C32H46O14/c1-15-7-17(3-5-21(15)35)9-19(13-43-31-29(41)27(39)25(37)23(11-33)45-31)20(10-18-4-6-22(36)16(2)8-18)14-44-32-30(42)28(40)26(38)24(12-34)46-32/h3-8,19-20,23-42H,9-14H2,1-2H3/t19-,20-,23-,24-,25-,26-,27+,28+,29-,30-,31-,32?/m1/s1. The summed E-state index contributed by atoms with van der Waals surface area (Å²) in [5, 5.41) is 102. The van der Waals surface area contributed by atoms with E-state index in [0.717, 1.165) is 11.1 Å². The normalized spacial score (nSPS) is 33.1. The lowest BCUT2D eigenvalue weighted by molar-refractivity contribution is -0.308. The topological polar surface area (TPSA) is 239 Å². The molecule has 0 aliphatic carbocycles. The van der Waals surface area contributed by atoms with E-state index in [-0.39, 0.29) is 24.7 Å². The van der Waals surface area contributed by atoms with Crippen LogP contribution in [0.15, 0.2) is 36.4 Å². The number of hydrogen-bond donors (Lipinski definition) is 10. The quantitative estimate of drug-likeness (QED) is 0.117. The van der Waals surface area contributed by atoms with Crippen molar-refractivity contribution in [2.24, 2.45) is 11.8 Å². The SMILES string of the molecule is Cc1cc(C[C@H](COC2O[C@H](CO)[C@@H](O)[C@H](O)[C@H]2O)[C@@H](CO[C@@H]2O[C@H](CO)[C@@H](O)[C@H](O)[C@H]2O)Cc2ccc(O)c(C)c2)ccc1O. The molecule has 2 heterocycles. The Morgan fingerprint density at radius 3 is 1.28 bits per heavy atom. The lowest BCUT2D eigenvalue weighted by Crippen LogP contribution is -2.59. The fourth-order valence-corrected chi connectivity index (χ4v) is 5.87. The number of phenols is 2. The Morgan fingerprint density at radius 2 is 0.957 bits per heavy atom. The number of aromatic hydroxyl groups is 2. The van der Waals surface area contributed by atoms with Gasteiger partial charge in [0.25, 0.3) is 0 Å². The molecule has 10 N–H and O–H groups in total. The first-order valence-corrected chi connectivity index (χ1v) is 15.3. The van der Waals surface area contributed by atoms with Crippen LogP contribution in [0.1, 0.15) is 22.3 Å². The van der Waals surface area contributed by atoms with Crippen LogP contribution in [0.5, 0.6) is 11.5 Å². The zero-order valence-electron chi connectivity index (χ0n) is 25.7. The summed E-state index contributed by atoms with van der Waals surface area (Å²) in [6.45, 7) is 2.05. The van der Waals surface area contributed by atoms with E-state index >= 15 is 0 Å². The summed E-state index contributed by atoms with van der Waals surface area (Å²) in [7, 11) is 0. The largest absolute Gasteiger partial charge is 0.508 e. The third-order valence-corrected chi connectivity index (χ3v) is 8.83. The molecular weight excluding hydrogens is 608 g/mol. The van der Waals surface area contributed by atoms with Crippen LogP contribution in [-0.2, 0) is 31.8 Å². The molecule has 14 heteroatoms. The van der Waals surface area contributed by atoms with Crippen LogP contribution in [0.25, 0.3) is 0 Å². The average Bonchev–Trinajstić information content (AvgIpc) is 3.04. The highest BCUT2D eigenvalue weighted by Crippen LogP contribution is 2.31.